The van der Waals surface area contributed by atoms with Crippen LogP contribution in [0.5, 0.6) is 0 Å². The number of carbonyl (C=O) groups excluding carboxylic acids is 1. The van der Waals surface area contributed by atoms with Crippen LogP contribution in [0.2, 0.25) is 0 Å². The number of piperazine rings is 1. The third-order valence-electron chi connectivity index (χ3n) is 4.17. The van der Waals surface area contributed by atoms with Gasteiger partial charge in [-0.2, -0.15) is 0 Å². The molecule has 0 saturated carbocycles. The van der Waals surface area contributed by atoms with Crippen molar-refractivity contribution in [1.29, 1.82) is 0 Å². The van der Waals surface area contributed by atoms with Crippen LogP contribution >= 0.6 is 0 Å². The van der Waals surface area contributed by atoms with Crippen LogP contribution in [-0.2, 0) is 4.79 Å². The van der Waals surface area contributed by atoms with Crippen LogP contribution < -0.4 is 10.6 Å². The summed E-state index contributed by atoms with van der Waals surface area (Å²) in [5, 5.41) is 6.35. The average molecular weight is 268 g/mol. The molecule has 2 fully saturated rings. The van der Waals surface area contributed by atoms with Crippen LogP contribution in [0.1, 0.15) is 25.7 Å². The molecule has 0 aromatic rings. The van der Waals surface area contributed by atoms with Crippen molar-refractivity contribution in [2.45, 2.75) is 31.7 Å². The Kier molecular flexibility index (Phi) is 6.07. The molecule has 2 aliphatic heterocycles. The van der Waals surface area contributed by atoms with E-state index in [1.807, 2.05) is 0 Å². The lowest BCUT2D eigenvalue weighted by Gasteiger charge is -2.32. The van der Waals surface area contributed by atoms with E-state index in [0.29, 0.717) is 0 Å². The quantitative estimate of drug-likeness (QED) is 0.683. The number of likely N-dealkylation sites (N-methyl/N-ethyl adjacent to an activating group) is 1. The first-order valence-electron chi connectivity index (χ1n) is 7.68. The summed E-state index contributed by atoms with van der Waals surface area (Å²) in [5.41, 5.74) is 0. The Morgan fingerprint density at radius 3 is 2.74 bits per heavy atom. The fourth-order valence-corrected chi connectivity index (χ4v) is 2.78. The van der Waals surface area contributed by atoms with Crippen LogP contribution in [0.15, 0.2) is 0 Å². The van der Waals surface area contributed by atoms with E-state index in [-0.39, 0.29) is 11.9 Å². The van der Waals surface area contributed by atoms with Gasteiger partial charge in [0.2, 0.25) is 5.91 Å². The van der Waals surface area contributed by atoms with Crippen LogP contribution in [0.3, 0.4) is 0 Å². The molecule has 1 amide bonds. The molecule has 0 aliphatic carbocycles. The van der Waals surface area contributed by atoms with Crippen molar-refractivity contribution in [1.82, 2.24) is 20.4 Å². The summed E-state index contributed by atoms with van der Waals surface area (Å²) >= 11 is 0. The lowest BCUT2D eigenvalue weighted by molar-refractivity contribution is -0.123. The van der Waals surface area contributed by atoms with Crippen molar-refractivity contribution >= 4 is 5.91 Å². The second kappa shape index (κ2) is 7.82. The SMILES string of the molecule is CN1CCN(CCCNC(=O)C2CCCCN2)CC1. The molecule has 2 rings (SSSR count). The van der Waals surface area contributed by atoms with Crippen LogP contribution in [0.4, 0.5) is 0 Å². The summed E-state index contributed by atoms with van der Waals surface area (Å²) in [6.45, 7) is 7.55. The van der Waals surface area contributed by atoms with Gasteiger partial charge in [0.25, 0.3) is 0 Å². The number of hydrogen-bond donors (Lipinski definition) is 2. The molecule has 2 saturated heterocycles. The minimum Gasteiger partial charge on any atom is -0.355 e. The summed E-state index contributed by atoms with van der Waals surface area (Å²) < 4.78 is 0. The first-order chi connectivity index (χ1) is 9.25. The molecule has 110 valence electrons. The second-order valence-corrected chi connectivity index (χ2v) is 5.79. The smallest absolute Gasteiger partial charge is 0.237 e. The van der Waals surface area contributed by atoms with E-state index in [0.717, 1.165) is 45.6 Å². The maximum absolute atomic E-state index is 11.9. The van der Waals surface area contributed by atoms with Crippen LogP contribution in [-0.4, -0.2) is 74.6 Å². The molecule has 5 nitrogen and oxygen atoms in total. The molecule has 0 radical (unpaired) electrons. The molecule has 19 heavy (non-hydrogen) atoms. The molecular weight excluding hydrogens is 240 g/mol. The fourth-order valence-electron chi connectivity index (χ4n) is 2.78. The summed E-state index contributed by atoms with van der Waals surface area (Å²) in [6.07, 6.45) is 4.42. The topological polar surface area (TPSA) is 47.6 Å². The van der Waals surface area contributed by atoms with Crippen molar-refractivity contribution < 1.29 is 4.79 Å². The standard InChI is InChI=1S/C14H28N4O/c1-17-9-11-18(12-10-17)8-4-7-16-14(19)13-5-2-3-6-15-13/h13,15H,2-12H2,1H3,(H,16,19). The van der Waals surface area contributed by atoms with Gasteiger partial charge in [0.05, 0.1) is 6.04 Å². The van der Waals surface area contributed by atoms with Gasteiger partial charge in [0.1, 0.15) is 0 Å². The Hall–Kier alpha value is -0.650. The lowest BCUT2D eigenvalue weighted by atomic mass is 10.0. The number of nitrogens with one attached hydrogen (secondary N) is 2. The number of carbonyl (C=O) groups is 1. The first-order valence-corrected chi connectivity index (χ1v) is 7.68. The van der Waals surface area contributed by atoms with Crippen molar-refractivity contribution in [3.63, 3.8) is 0 Å². The largest absolute Gasteiger partial charge is 0.355 e. The minimum atomic E-state index is 0.0531. The van der Waals surface area contributed by atoms with E-state index in [9.17, 15) is 4.79 Å². The summed E-state index contributed by atoms with van der Waals surface area (Å²) in [4.78, 5) is 16.8. The zero-order valence-corrected chi connectivity index (χ0v) is 12.2. The summed E-state index contributed by atoms with van der Waals surface area (Å²) in [7, 11) is 2.18. The highest BCUT2D eigenvalue weighted by Crippen LogP contribution is 2.06. The van der Waals surface area contributed by atoms with Gasteiger partial charge in [-0.15, -0.1) is 0 Å². The van der Waals surface area contributed by atoms with Gasteiger partial charge in [0.15, 0.2) is 0 Å². The predicted octanol–water partition coefficient (Wildman–Crippen LogP) is -0.118. The molecule has 2 heterocycles. The Balaban J connectivity index is 1.52. The van der Waals surface area contributed by atoms with Gasteiger partial charge in [-0.3, -0.25) is 4.79 Å². The molecular formula is C14H28N4O. The Morgan fingerprint density at radius 1 is 1.26 bits per heavy atom. The van der Waals surface area contributed by atoms with Crippen molar-refractivity contribution in [2.75, 3.05) is 52.9 Å². The molecule has 0 spiro atoms. The molecule has 0 aromatic carbocycles. The average Bonchev–Trinajstić information content (AvgIpc) is 2.46. The minimum absolute atomic E-state index is 0.0531. The normalized spacial score (nSPS) is 26.3. The second-order valence-electron chi connectivity index (χ2n) is 5.79. The van der Waals surface area contributed by atoms with E-state index < -0.39 is 0 Å². The Morgan fingerprint density at radius 2 is 2.05 bits per heavy atom. The van der Waals surface area contributed by atoms with Crippen molar-refractivity contribution in [2.24, 2.45) is 0 Å². The van der Waals surface area contributed by atoms with Crippen molar-refractivity contribution in [3.8, 4) is 0 Å². The summed E-state index contributed by atoms with van der Waals surface area (Å²) in [5.74, 6) is 0.193. The van der Waals surface area contributed by atoms with Gasteiger partial charge in [0, 0.05) is 32.7 Å². The molecule has 0 aromatic heterocycles. The first kappa shape index (κ1) is 14.8. The third kappa shape index (κ3) is 5.09. The fraction of sp³-hybridized carbons (Fsp3) is 0.929. The van der Waals surface area contributed by atoms with E-state index in [1.54, 1.807) is 0 Å². The highest BCUT2D eigenvalue weighted by Gasteiger charge is 2.19. The zero-order chi connectivity index (χ0) is 13.5. The molecule has 1 unspecified atom stereocenters. The van der Waals surface area contributed by atoms with Gasteiger partial charge in [-0.1, -0.05) is 6.42 Å². The maximum atomic E-state index is 11.9. The number of nitrogens with zero attached hydrogens (tertiary/aromatic N) is 2. The Labute approximate surface area is 116 Å². The van der Waals surface area contributed by atoms with E-state index >= 15 is 0 Å². The van der Waals surface area contributed by atoms with E-state index in [2.05, 4.69) is 27.5 Å². The summed E-state index contributed by atoms with van der Waals surface area (Å²) in [6, 6.07) is 0.0531. The van der Waals surface area contributed by atoms with E-state index in [4.69, 9.17) is 0 Å². The number of piperidine rings is 1. The highest BCUT2D eigenvalue weighted by molar-refractivity contribution is 5.81. The molecule has 2 aliphatic rings. The molecule has 0 bridgehead atoms. The number of amides is 1. The molecule has 2 N–H and O–H groups in total. The van der Waals surface area contributed by atoms with Crippen molar-refractivity contribution in [3.05, 3.63) is 0 Å². The van der Waals surface area contributed by atoms with Gasteiger partial charge in [-0.05, 0) is 39.4 Å². The van der Waals surface area contributed by atoms with E-state index in [1.165, 1.54) is 25.9 Å². The van der Waals surface area contributed by atoms with Crippen LogP contribution in [0.25, 0.3) is 0 Å². The Bertz CT molecular complexity index is 271. The van der Waals surface area contributed by atoms with Gasteiger partial charge < -0.3 is 20.4 Å². The monoisotopic (exact) mass is 268 g/mol. The predicted molar refractivity (Wildman–Crippen MR) is 77.2 cm³/mol. The highest BCUT2D eigenvalue weighted by atomic mass is 16.2. The molecule has 1 atom stereocenters. The van der Waals surface area contributed by atoms with Gasteiger partial charge in [-0.25, -0.2) is 0 Å². The number of hydrogen-bond acceptors (Lipinski definition) is 4. The zero-order valence-electron chi connectivity index (χ0n) is 12.2. The lowest BCUT2D eigenvalue weighted by Crippen LogP contribution is -2.47. The third-order valence-corrected chi connectivity index (χ3v) is 4.17. The number of rotatable bonds is 5. The van der Waals surface area contributed by atoms with Crippen LogP contribution in [0, 0.1) is 0 Å². The molecule has 5 heteroatoms. The van der Waals surface area contributed by atoms with Gasteiger partial charge >= 0.3 is 0 Å². The maximum Gasteiger partial charge on any atom is 0.237 e.